The highest BCUT2D eigenvalue weighted by Gasteiger charge is 2.19. The van der Waals surface area contributed by atoms with Crippen LogP contribution >= 0.6 is 0 Å². The van der Waals surface area contributed by atoms with Gasteiger partial charge in [-0.15, -0.1) is 0 Å². The Bertz CT molecular complexity index is 851. The molecular formula is C34H65NO14. The Balaban J connectivity index is 3.99. The van der Waals surface area contributed by atoms with Crippen LogP contribution in [0.5, 0.6) is 0 Å². The van der Waals surface area contributed by atoms with Crippen LogP contribution in [0.25, 0.3) is 0 Å². The standard InChI is InChI=1S/C34H65NO14/c1-32(2,3)47-29(36)10-12-39-14-16-41-18-19-43-22-23-45-27-28(26-35-31(38)49-34(7,8)9)46-25-24-44-21-20-42-17-15-40-13-11-30(37)48-33(4,5)6/h28H,10-27H2,1-9H3,(H,35,38). The smallest absolute Gasteiger partial charge is 0.407 e. The highest BCUT2D eigenvalue weighted by atomic mass is 16.6. The van der Waals surface area contributed by atoms with Crippen molar-refractivity contribution < 1.29 is 66.5 Å². The first-order valence-electron chi connectivity index (χ1n) is 17.0. The number of ether oxygens (including phenoxy) is 11. The predicted molar refractivity (Wildman–Crippen MR) is 181 cm³/mol. The molecule has 0 rings (SSSR count). The van der Waals surface area contributed by atoms with Crippen molar-refractivity contribution in [2.24, 2.45) is 0 Å². The van der Waals surface area contributed by atoms with E-state index in [1.54, 1.807) is 20.8 Å². The zero-order chi connectivity index (χ0) is 37.0. The SMILES string of the molecule is CC(C)(C)OC(=O)CCOCCOCCOCCOCC(CNC(=O)OC(C)(C)C)OCCOCCOCCOCCC(=O)OC(C)(C)C. The van der Waals surface area contributed by atoms with Crippen molar-refractivity contribution in [1.29, 1.82) is 0 Å². The lowest BCUT2D eigenvalue weighted by Crippen LogP contribution is -2.40. The number of carbonyl (C=O) groups is 3. The molecule has 1 amide bonds. The number of amides is 1. The fraction of sp³-hybridized carbons (Fsp3) is 0.912. The van der Waals surface area contributed by atoms with Crippen LogP contribution < -0.4 is 5.32 Å². The third-order valence-electron chi connectivity index (χ3n) is 5.36. The van der Waals surface area contributed by atoms with Crippen LogP contribution in [0.1, 0.15) is 75.2 Å². The number of esters is 2. The van der Waals surface area contributed by atoms with E-state index < -0.39 is 29.0 Å². The monoisotopic (exact) mass is 711 g/mol. The van der Waals surface area contributed by atoms with Gasteiger partial charge in [0.2, 0.25) is 0 Å². The van der Waals surface area contributed by atoms with Crippen molar-refractivity contribution in [1.82, 2.24) is 5.32 Å². The Morgan fingerprint density at radius 3 is 1.14 bits per heavy atom. The maximum Gasteiger partial charge on any atom is 0.407 e. The van der Waals surface area contributed by atoms with Gasteiger partial charge in [-0.2, -0.15) is 0 Å². The molecule has 0 aromatic rings. The summed E-state index contributed by atoms with van der Waals surface area (Å²) in [5.41, 5.74) is -1.62. The van der Waals surface area contributed by atoms with Crippen molar-refractivity contribution in [3.05, 3.63) is 0 Å². The van der Waals surface area contributed by atoms with E-state index in [4.69, 9.17) is 52.1 Å². The summed E-state index contributed by atoms with van der Waals surface area (Å²) in [6.45, 7) is 21.7. The zero-order valence-corrected chi connectivity index (χ0v) is 31.5. The molecule has 0 fully saturated rings. The van der Waals surface area contributed by atoms with Gasteiger partial charge in [0.15, 0.2) is 0 Å². The van der Waals surface area contributed by atoms with Crippen molar-refractivity contribution in [3.63, 3.8) is 0 Å². The van der Waals surface area contributed by atoms with Gasteiger partial charge < -0.3 is 57.4 Å². The van der Waals surface area contributed by atoms with Crippen molar-refractivity contribution >= 4 is 18.0 Å². The number of carbonyl (C=O) groups excluding carboxylic acids is 3. The number of nitrogens with one attached hydrogen (secondary N) is 1. The number of alkyl carbamates (subject to hydrolysis) is 1. The minimum absolute atomic E-state index is 0.195. The lowest BCUT2D eigenvalue weighted by Gasteiger charge is -2.22. The molecule has 0 bridgehead atoms. The second-order valence-electron chi connectivity index (χ2n) is 13.8. The Kier molecular flexibility index (Phi) is 26.4. The topological polar surface area (TPSA) is 165 Å². The van der Waals surface area contributed by atoms with E-state index in [1.165, 1.54) is 0 Å². The first-order valence-corrected chi connectivity index (χ1v) is 17.0. The van der Waals surface area contributed by atoms with E-state index in [-0.39, 0.29) is 57.8 Å². The summed E-state index contributed by atoms with van der Waals surface area (Å²) in [5.74, 6) is -0.582. The predicted octanol–water partition coefficient (Wildman–Crippen LogP) is 3.48. The molecule has 0 aliphatic heterocycles. The summed E-state index contributed by atoms with van der Waals surface area (Å²) in [4.78, 5) is 35.4. The maximum atomic E-state index is 12.1. The minimum Gasteiger partial charge on any atom is -0.460 e. The first-order chi connectivity index (χ1) is 23.0. The molecule has 0 heterocycles. The Morgan fingerprint density at radius 2 is 0.776 bits per heavy atom. The third-order valence-corrected chi connectivity index (χ3v) is 5.36. The molecule has 290 valence electrons. The van der Waals surface area contributed by atoms with Gasteiger partial charge >= 0.3 is 18.0 Å². The molecule has 0 radical (unpaired) electrons. The van der Waals surface area contributed by atoms with E-state index >= 15 is 0 Å². The molecule has 1 atom stereocenters. The van der Waals surface area contributed by atoms with Gasteiger partial charge in [0.25, 0.3) is 0 Å². The number of rotatable bonds is 29. The van der Waals surface area contributed by atoms with Crippen LogP contribution in [0.3, 0.4) is 0 Å². The highest BCUT2D eigenvalue weighted by molar-refractivity contribution is 5.70. The number of hydrogen-bond donors (Lipinski definition) is 1. The molecule has 0 aliphatic carbocycles. The van der Waals surface area contributed by atoms with Crippen LogP contribution in [0.2, 0.25) is 0 Å². The van der Waals surface area contributed by atoms with Gasteiger partial charge in [-0.05, 0) is 62.3 Å². The van der Waals surface area contributed by atoms with Crippen LogP contribution in [-0.2, 0) is 61.7 Å². The van der Waals surface area contributed by atoms with E-state index in [0.717, 1.165) is 0 Å². The van der Waals surface area contributed by atoms with Gasteiger partial charge in [0.1, 0.15) is 16.8 Å². The van der Waals surface area contributed by atoms with Crippen molar-refractivity contribution in [3.8, 4) is 0 Å². The molecule has 0 aromatic carbocycles. The molecule has 0 aromatic heterocycles. The maximum absolute atomic E-state index is 12.1. The fourth-order valence-electron chi connectivity index (χ4n) is 3.46. The van der Waals surface area contributed by atoms with E-state index in [9.17, 15) is 14.4 Å². The van der Waals surface area contributed by atoms with E-state index in [1.807, 2.05) is 41.5 Å². The minimum atomic E-state index is -0.616. The third kappa shape index (κ3) is 37.0. The second-order valence-corrected chi connectivity index (χ2v) is 13.8. The normalized spacial score (nSPS) is 12.8. The highest BCUT2D eigenvalue weighted by Crippen LogP contribution is 2.09. The average molecular weight is 712 g/mol. The van der Waals surface area contributed by atoms with Gasteiger partial charge in [0, 0.05) is 6.54 Å². The van der Waals surface area contributed by atoms with Gasteiger partial charge in [-0.25, -0.2) is 4.79 Å². The molecule has 15 nitrogen and oxygen atoms in total. The zero-order valence-electron chi connectivity index (χ0n) is 31.5. The molecule has 0 aliphatic rings. The van der Waals surface area contributed by atoms with Crippen LogP contribution in [0.4, 0.5) is 4.79 Å². The van der Waals surface area contributed by atoms with Crippen LogP contribution in [-0.4, -0.2) is 147 Å². The van der Waals surface area contributed by atoms with Crippen molar-refractivity contribution in [2.45, 2.75) is 98.1 Å². The Morgan fingerprint density at radius 1 is 0.449 bits per heavy atom. The largest absolute Gasteiger partial charge is 0.460 e. The molecular weight excluding hydrogens is 646 g/mol. The van der Waals surface area contributed by atoms with E-state index in [0.29, 0.717) is 72.7 Å². The molecule has 1 N–H and O–H groups in total. The summed E-state index contributed by atoms with van der Waals surface area (Å²) < 4.78 is 60.1. The second kappa shape index (κ2) is 27.6. The van der Waals surface area contributed by atoms with Crippen molar-refractivity contribution in [2.75, 3.05) is 106 Å². The molecule has 0 saturated heterocycles. The Labute approximate surface area is 293 Å². The average Bonchev–Trinajstić information content (AvgIpc) is 2.95. The van der Waals surface area contributed by atoms with Crippen LogP contribution in [0, 0.1) is 0 Å². The van der Waals surface area contributed by atoms with Gasteiger partial charge in [-0.3, -0.25) is 9.59 Å². The molecule has 15 heteroatoms. The summed E-state index contributed by atoms with van der Waals surface area (Å²) in [7, 11) is 0. The fourth-order valence-corrected chi connectivity index (χ4v) is 3.46. The molecule has 49 heavy (non-hydrogen) atoms. The molecule has 1 unspecified atom stereocenters. The number of hydrogen-bond acceptors (Lipinski definition) is 14. The van der Waals surface area contributed by atoms with Gasteiger partial charge in [-0.1, -0.05) is 0 Å². The van der Waals surface area contributed by atoms with E-state index in [2.05, 4.69) is 5.32 Å². The molecule has 0 saturated carbocycles. The summed E-state index contributed by atoms with van der Waals surface area (Å²) in [6.07, 6.45) is -0.572. The molecule has 0 spiro atoms. The lowest BCUT2D eigenvalue weighted by molar-refractivity contribution is -0.157. The summed E-state index contributed by atoms with van der Waals surface area (Å²) >= 11 is 0. The quantitative estimate of drug-likeness (QED) is 0.0681. The van der Waals surface area contributed by atoms with Crippen LogP contribution in [0.15, 0.2) is 0 Å². The lowest BCUT2D eigenvalue weighted by atomic mass is 10.2. The Hall–Kier alpha value is -2.11. The summed E-state index contributed by atoms with van der Waals surface area (Å²) in [5, 5.41) is 2.71. The summed E-state index contributed by atoms with van der Waals surface area (Å²) in [6, 6.07) is 0. The van der Waals surface area contributed by atoms with Gasteiger partial charge in [0.05, 0.1) is 118 Å². The first kappa shape index (κ1) is 46.9.